The molecule has 0 saturated heterocycles. The Balaban J connectivity index is 1.87. The number of carbonyl (C=O) groups excluding carboxylic acids is 1. The molecule has 0 saturated carbocycles. The van der Waals surface area contributed by atoms with E-state index >= 15 is 0 Å². The lowest BCUT2D eigenvalue weighted by molar-refractivity contribution is 0.0944. The quantitative estimate of drug-likeness (QED) is 0.733. The highest BCUT2D eigenvalue weighted by Gasteiger charge is 2.16. The van der Waals surface area contributed by atoms with Crippen molar-refractivity contribution in [2.75, 3.05) is 5.32 Å². The topological polar surface area (TPSA) is 71.3 Å². The van der Waals surface area contributed by atoms with Crippen molar-refractivity contribution in [1.29, 1.82) is 0 Å². The molecule has 8 heteroatoms. The van der Waals surface area contributed by atoms with Crippen molar-refractivity contribution in [2.24, 2.45) is 0 Å². The third-order valence-corrected chi connectivity index (χ3v) is 3.78. The van der Waals surface area contributed by atoms with E-state index in [0.29, 0.717) is 22.6 Å². The van der Waals surface area contributed by atoms with Crippen molar-refractivity contribution < 1.29 is 13.6 Å². The molecule has 1 aromatic carbocycles. The lowest BCUT2D eigenvalue weighted by Crippen LogP contribution is -2.30. The number of benzene rings is 1. The smallest absolute Gasteiger partial charge is 0.256 e. The number of halogens is 2. The molecule has 26 heavy (non-hydrogen) atoms. The van der Waals surface area contributed by atoms with Gasteiger partial charge in [-0.25, -0.2) is 18.3 Å². The summed E-state index contributed by atoms with van der Waals surface area (Å²) in [4.78, 5) is 16.7. The van der Waals surface area contributed by atoms with E-state index in [0.717, 1.165) is 6.07 Å². The molecular weight excluding hydrogens is 340 g/mol. The minimum absolute atomic E-state index is 0.0124. The van der Waals surface area contributed by atoms with E-state index in [-0.39, 0.29) is 18.0 Å². The number of hydrogen-bond donors (Lipinski definition) is 2. The molecule has 0 bridgehead atoms. The fourth-order valence-corrected chi connectivity index (χ4v) is 2.58. The summed E-state index contributed by atoms with van der Waals surface area (Å²) in [6, 6.07) is 4.63. The van der Waals surface area contributed by atoms with Gasteiger partial charge < -0.3 is 10.6 Å². The zero-order chi connectivity index (χ0) is 18.8. The van der Waals surface area contributed by atoms with Gasteiger partial charge in [-0.3, -0.25) is 4.79 Å². The Morgan fingerprint density at radius 3 is 2.50 bits per heavy atom. The molecule has 2 aromatic heterocycles. The van der Waals surface area contributed by atoms with Crippen LogP contribution in [0.5, 0.6) is 0 Å². The maximum atomic E-state index is 13.4. The fourth-order valence-electron chi connectivity index (χ4n) is 2.58. The molecular formula is C18H19F2N5O. The third-order valence-electron chi connectivity index (χ3n) is 3.78. The molecule has 3 rings (SSSR count). The number of fused-ring (bicyclic) bond motifs is 1. The Kier molecular flexibility index (Phi) is 4.83. The van der Waals surface area contributed by atoms with Gasteiger partial charge in [-0.15, -0.1) is 0 Å². The predicted molar refractivity (Wildman–Crippen MR) is 94.0 cm³/mol. The van der Waals surface area contributed by atoms with Crippen LogP contribution in [0.15, 0.2) is 36.7 Å². The van der Waals surface area contributed by atoms with E-state index < -0.39 is 11.6 Å². The van der Waals surface area contributed by atoms with Gasteiger partial charge in [-0.05, 0) is 44.5 Å². The van der Waals surface area contributed by atoms with Gasteiger partial charge in [0.1, 0.15) is 23.0 Å². The number of nitrogens with one attached hydrogen (secondary N) is 2. The number of anilines is 1. The number of amides is 1. The Hall–Kier alpha value is -3.03. The van der Waals surface area contributed by atoms with E-state index in [1.54, 1.807) is 19.2 Å². The monoisotopic (exact) mass is 359 g/mol. The first-order valence-corrected chi connectivity index (χ1v) is 8.21. The van der Waals surface area contributed by atoms with Crippen LogP contribution in [0.4, 0.5) is 14.6 Å². The van der Waals surface area contributed by atoms with Crippen LogP contribution in [0.1, 0.15) is 42.7 Å². The Labute approximate surface area is 149 Å². The Morgan fingerprint density at radius 1 is 1.15 bits per heavy atom. The van der Waals surface area contributed by atoms with E-state index in [9.17, 15) is 13.6 Å². The van der Waals surface area contributed by atoms with Crippen LogP contribution in [0.25, 0.3) is 5.65 Å². The van der Waals surface area contributed by atoms with Crippen molar-refractivity contribution in [2.45, 2.75) is 32.9 Å². The van der Waals surface area contributed by atoms with Crippen molar-refractivity contribution in [3.63, 3.8) is 0 Å². The van der Waals surface area contributed by atoms with Crippen molar-refractivity contribution in [3.05, 3.63) is 59.4 Å². The highest BCUT2D eigenvalue weighted by Crippen LogP contribution is 2.21. The summed E-state index contributed by atoms with van der Waals surface area (Å²) in [5.41, 5.74) is 1.20. The first-order chi connectivity index (χ1) is 12.3. The van der Waals surface area contributed by atoms with Crippen LogP contribution in [0.2, 0.25) is 0 Å². The van der Waals surface area contributed by atoms with Gasteiger partial charge in [-0.1, -0.05) is 0 Å². The van der Waals surface area contributed by atoms with E-state index in [1.165, 1.54) is 22.8 Å². The number of aromatic nitrogens is 3. The molecule has 2 N–H and O–H groups in total. The number of carbonyl (C=O) groups is 1. The molecule has 0 fully saturated rings. The summed E-state index contributed by atoms with van der Waals surface area (Å²) >= 11 is 0. The molecule has 1 amide bonds. The fraction of sp³-hybridized carbons (Fsp3) is 0.278. The molecule has 3 aromatic rings. The molecule has 1 unspecified atom stereocenters. The third kappa shape index (κ3) is 3.79. The van der Waals surface area contributed by atoms with Crippen molar-refractivity contribution in [1.82, 2.24) is 19.9 Å². The van der Waals surface area contributed by atoms with Gasteiger partial charge in [0, 0.05) is 18.3 Å². The minimum Gasteiger partial charge on any atom is -0.363 e. The molecule has 1 atom stereocenters. The summed E-state index contributed by atoms with van der Waals surface area (Å²) in [6.45, 7) is 5.50. The van der Waals surface area contributed by atoms with Crippen LogP contribution in [0, 0.1) is 11.6 Å². The maximum Gasteiger partial charge on any atom is 0.256 e. The number of hydrogen-bond acceptors (Lipinski definition) is 4. The van der Waals surface area contributed by atoms with Gasteiger partial charge in [0.05, 0.1) is 12.2 Å². The number of nitrogens with zero attached hydrogens (tertiary/aromatic N) is 3. The Bertz CT molecular complexity index is 934. The number of rotatable bonds is 5. The zero-order valence-electron chi connectivity index (χ0n) is 14.6. The molecule has 0 radical (unpaired) electrons. The molecule has 136 valence electrons. The summed E-state index contributed by atoms with van der Waals surface area (Å²) in [7, 11) is 0. The van der Waals surface area contributed by atoms with Crippen LogP contribution in [0.3, 0.4) is 0 Å². The predicted octanol–water partition coefficient (Wildman–Crippen LogP) is 3.32. The highest BCUT2D eigenvalue weighted by molar-refractivity contribution is 5.99. The Morgan fingerprint density at radius 2 is 1.85 bits per heavy atom. The molecule has 2 heterocycles. The lowest BCUT2D eigenvalue weighted by atomic mass is 10.1. The first kappa shape index (κ1) is 17.8. The van der Waals surface area contributed by atoms with Crippen molar-refractivity contribution >= 4 is 17.4 Å². The van der Waals surface area contributed by atoms with Gasteiger partial charge in [-0.2, -0.15) is 5.10 Å². The maximum absolute atomic E-state index is 13.4. The summed E-state index contributed by atoms with van der Waals surface area (Å²) in [5, 5.41) is 10.00. The molecule has 0 spiro atoms. The van der Waals surface area contributed by atoms with E-state index in [2.05, 4.69) is 20.7 Å². The summed E-state index contributed by atoms with van der Waals surface area (Å²) in [5.74, 6) is -1.07. The first-order valence-electron chi connectivity index (χ1n) is 8.21. The van der Waals surface area contributed by atoms with Gasteiger partial charge in [0.2, 0.25) is 0 Å². The van der Waals surface area contributed by atoms with Crippen LogP contribution >= 0.6 is 0 Å². The second-order valence-electron chi connectivity index (χ2n) is 6.34. The summed E-state index contributed by atoms with van der Waals surface area (Å²) < 4.78 is 28.3. The average Bonchev–Trinajstić information content (AvgIpc) is 2.96. The molecule has 0 aliphatic heterocycles. The largest absolute Gasteiger partial charge is 0.363 e. The minimum atomic E-state index is -0.638. The molecule has 0 aliphatic rings. The van der Waals surface area contributed by atoms with Crippen LogP contribution < -0.4 is 10.6 Å². The highest BCUT2D eigenvalue weighted by atomic mass is 19.1. The van der Waals surface area contributed by atoms with Crippen molar-refractivity contribution in [3.8, 4) is 0 Å². The standard InChI is InChI=1S/C18H19F2N5O/c1-10(2)22-18(26)15-9-21-25-5-4-16(24-17(15)25)23-11(3)12-6-13(19)8-14(20)7-12/h4-11H,1-3H3,(H,22,26)(H,23,24). The summed E-state index contributed by atoms with van der Waals surface area (Å²) in [6.07, 6.45) is 3.12. The van der Waals surface area contributed by atoms with Gasteiger partial charge in [0.15, 0.2) is 5.65 Å². The van der Waals surface area contributed by atoms with Crippen LogP contribution in [-0.4, -0.2) is 26.5 Å². The normalized spacial score (nSPS) is 12.4. The second-order valence-corrected chi connectivity index (χ2v) is 6.34. The van der Waals surface area contributed by atoms with E-state index in [4.69, 9.17) is 0 Å². The van der Waals surface area contributed by atoms with Gasteiger partial charge in [0.25, 0.3) is 5.91 Å². The zero-order valence-corrected chi connectivity index (χ0v) is 14.6. The van der Waals surface area contributed by atoms with Gasteiger partial charge >= 0.3 is 0 Å². The SMILES string of the molecule is CC(C)NC(=O)c1cnn2ccc(NC(C)c3cc(F)cc(F)c3)nc12. The lowest BCUT2D eigenvalue weighted by Gasteiger charge is -2.15. The second kappa shape index (κ2) is 7.07. The average molecular weight is 359 g/mol. The van der Waals surface area contributed by atoms with E-state index in [1.807, 2.05) is 13.8 Å². The van der Waals surface area contributed by atoms with Crippen LogP contribution in [-0.2, 0) is 0 Å². The molecule has 6 nitrogen and oxygen atoms in total. The molecule has 0 aliphatic carbocycles.